The van der Waals surface area contributed by atoms with Crippen molar-refractivity contribution in [2.45, 2.75) is 32.0 Å². The van der Waals surface area contributed by atoms with Gasteiger partial charge in [0.15, 0.2) is 14.7 Å². The zero-order valence-electron chi connectivity index (χ0n) is 14.7. The number of halogens is 1. The van der Waals surface area contributed by atoms with Crippen molar-refractivity contribution in [1.82, 2.24) is 0 Å². The minimum Gasteiger partial charge on any atom is -0.425 e. The summed E-state index contributed by atoms with van der Waals surface area (Å²) in [5, 5.41) is 0. The first-order valence-corrected chi connectivity index (χ1v) is 10.6. The van der Waals surface area contributed by atoms with Crippen molar-refractivity contribution in [2.24, 2.45) is 0 Å². The number of hydrogen-bond acceptors (Lipinski definition) is 2. The first kappa shape index (κ1) is 19.0. The molecule has 0 aliphatic rings. The molecule has 0 fully saturated rings. The first-order chi connectivity index (χ1) is 12.4. The van der Waals surface area contributed by atoms with Crippen molar-refractivity contribution in [3.63, 3.8) is 0 Å². The van der Waals surface area contributed by atoms with Gasteiger partial charge in [0.2, 0.25) is 0 Å². The fourth-order valence-corrected chi connectivity index (χ4v) is 4.65. The Labute approximate surface area is 171 Å². The number of esters is 1. The number of carbonyl (C=O) groups is 1. The van der Waals surface area contributed by atoms with E-state index in [1.54, 1.807) is 0 Å². The minimum atomic E-state index is -0.561. The number of alkyl halides is 1. The zero-order chi connectivity index (χ0) is 18.6. The Kier molecular flexibility index (Phi) is 6.04. The van der Waals surface area contributed by atoms with Crippen LogP contribution >= 0.6 is 22.6 Å². The minimum absolute atomic E-state index is 0.241. The molecule has 3 aromatic rings. The highest BCUT2D eigenvalue weighted by atomic mass is 127. The van der Waals surface area contributed by atoms with E-state index in [1.165, 1.54) is 9.79 Å². The third-order valence-corrected chi connectivity index (χ3v) is 6.35. The molecule has 0 aliphatic carbocycles. The lowest BCUT2D eigenvalue weighted by Crippen LogP contribution is -2.29. The maximum atomic E-state index is 12.2. The molecule has 0 bridgehead atoms. The quantitative estimate of drug-likeness (QED) is 0.151. The van der Waals surface area contributed by atoms with Crippen molar-refractivity contribution in [2.75, 3.05) is 0 Å². The van der Waals surface area contributed by atoms with E-state index in [0.717, 1.165) is 4.90 Å². The lowest BCUT2D eigenvalue weighted by molar-refractivity contribution is -0.135. The molecule has 2 nitrogen and oxygen atoms in total. The summed E-state index contributed by atoms with van der Waals surface area (Å²) in [5.41, 5.74) is 0. The average Bonchev–Trinajstić information content (AvgIpc) is 2.63. The second-order valence-corrected chi connectivity index (χ2v) is 11.0. The molecule has 3 rings (SSSR count). The maximum absolute atomic E-state index is 12.2. The van der Waals surface area contributed by atoms with Gasteiger partial charge < -0.3 is 4.74 Å². The predicted octanol–water partition coefficient (Wildman–Crippen LogP) is 5.90. The average molecular weight is 475 g/mol. The van der Waals surface area contributed by atoms with Crippen LogP contribution in [0.15, 0.2) is 99.6 Å². The number of benzene rings is 3. The van der Waals surface area contributed by atoms with Gasteiger partial charge in [0.1, 0.15) is 9.17 Å². The fourth-order valence-electron chi connectivity index (χ4n) is 2.41. The summed E-state index contributed by atoms with van der Waals surface area (Å²) in [7, 11) is -0.254. The third-order valence-electron chi connectivity index (χ3n) is 3.69. The van der Waals surface area contributed by atoms with Gasteiger partial charge >= 0.3 is 5.97 Å². The van der Waals surface area contributed by atoms with Gasteiger partial charge in [-0.25, -0.2) is 0 Å². The zero-order valence-corrected chi connectivity index (χ0v) is 17.7. The standard InChI is InChI=1S/C22H20IO2S/c1-22(2,23)21(24)25-17-10-9-15-20(16-17)26(18-11-5-3-6-12-18)19-13-7-4-8-14-19/h3-16H,1-2H3/q+1. The highest BCUT2D eigenvalue weighted by Gasteiger charge is 2.30. The first-order valence-electron chi connectivity index (χ1n) is 8.31. The summed E-state index contributed by atoms with van der Waals surface area (Å²) >= 11 is 2.10. The summed E-state index contributed by atoms with van der Waals surface area (Å²) in [4.78, 5) is 15.8. The van der Waals surface area contributed by atoms with Crippen LogP contribution in [0.2, 0.25) is 0 Å². The summed E-state index contributed by atoms with van der Waals surface area (Å²) in [5.74, 6) is 0.344. The fraction of sp³-hybridized carbons (Fsp3) is 0.136. The molecule has 0 saturated carbocycles. The molecule has 0 atom stereocenters. The molecule has 4 heteroatoms. The molecule has 0 aliphatic heterocycles. The lowest BCUT2D eigenvalue weighted by Gasteiger charge is -2.15. The van der Waals surface area contributed by atoms with Gasteiger partial charge in [0.05, 0.1) is 10.9 Å². The monoisotopic (exact) mass is 475 g/mol. The smallest absolute Gasteiger partial charge is 0.326 e. The molecule has 3 aromatic carbocycles. The van der Waals surface area contributed by atoms with Crippen LogP contribution in [0.5, 0.6) is 5.75 Å². The number of hydrogen-bond donors (Lipinski definition) is 0. The molecule has 0 aromatic heterocycles. The second kappa shape index (κ2) is 8.27. The van der Waals surface area contributed by atoms with Crippen LogP contribution < -0.4 is 4.74 Å². The number of rotatable bonds is 5. The van der Waals surface area contributed by atoms with Crippen LogP contribution in [0.3, 0.4) is 0 Å². The molecular formula is C22H20IO2S+. The van der Waals surface area contributed by atoms with E-state index in [0.29, 0.717) is 5.75 Å². The van der Waals surface area contributed by atoms with Crippen molar-refractivity contribution in [3.05, 3.63) is 84.9 Å². The Morgan fingerprint density at radius 2 is 1.31 bits per heavy atom. The summed E-state index contributed by atoms with van der Waals surface area (Å²) in [6.07, 6.45) is 0. The molecule has 0 heterocycles. The van der Waals surface area contributed by atoms with Crippen molar-refractivity contribution in [3.8, 4) is 5.75 Å². The summed E-state index contributed by atoms with van der Waals surface area (Å²) in [6, 6.07) is 28.7. The topological polar surface area (TPSA) is 26.3 Å². The van der Waals surface area contributed by atoms with E-state index in [9.17, 15) is 4.79 Å². The van der Waals surface area contributed by atoms with E-state index in [-0.39, 0.29) is 16.9 Å². The molecular weight excluding hydrogens is 455 g/mol. The predicted molar refractivity (Wildman–Crippen MR) is 115 cm³/mol. The number of ether oxygens (including phenoxy) is 1. The molecule has 0 saturated heterocycles. The Bertz CT molecular complexity index is 834. The maximum Gasteiger partial charge on any atom is 0.326 e. The Balaban J connectivity index is 2.00. The van der Waals surface area contributed by atoms with Gasteiger partial charge in [-0.2, -0.15) is 0 Å². The number of carbonyl (C=O) groups excluding carboxylic acids is 1. The lowest BCUT2D eigenvalue weighted by atomic mass is 10.2. The van der Waals surface area contributed by atoms with E-state index in [1.807, 2.05) is 44.2 Å². The van der Waals surface area contributed by atoms with Crippen molar-refractivity contribution >= 4 is 39.5 Å². The molecule has 132 valence electrons. The van der Waals surface area contributed by atoms with Crippen LogP contribution in [-0.4, -0.2) is 9.39 Å². The van der Waals surface area contributed by atoms with Crippen LogP contribution in [0.25, 0.3) is 0 Å². The van der Waals surface area contributed by atoms with E-state index >= 15 is 0 Å². The normalized spacial score (nSPS) is 11.4. The Morgan fingerprint density at radius 3 is 1.81 bits per heavy atom. The van der Waals surface area contributed by atoms with Crippen molar-refractivity contribution in [1.29, 1.82) is 0 Å². The molecule has 0 N–H and O–H groups in total. The molecule has 26 heavy (non-hydrogen) atoms. The van der Waals surface area contributed by atoms with Crippen LogP contribution in [0, 0.1) is 0 Å². The molecule has 0 amide bonds. The van der Waals surface area contributed by atoms with Gasteiger partial charge in [0.25, 0.3) is 0 Å². The van der Waals surface area contributed by atoms with Crippen LogP contribution in [0.1, 0.15) is 13.8 Å². The van der Waals surface area contributed by atoms with E-state index in [4.69, 9.17) is 4.74 Å². The Hall–Kier alpha value is -1.79. The summed E-state index contributed by atoms with van der Waals surface area (Å²) < 4.78 is 5.04. The Morgan fingerprint density at radius 1 is 0.808 bits per heavy atom. The van der Waals surface area contributed by atoms with Gasteiger partial charge in [-0.1, -0.05) is 65.1 Å². The van der Waals surface area contributed by atoms with Crippen LogP contribution in [0.4, 0.5) is 0 Å². The highest BCUT2D eigenvalue weighted by Crippen LogP contribution is 2.33. The molecule has 0 unspecified atom stereocenters. The second-order valence-electron chi connectivity index (χ2n) is 6.27. The third kappa shape index (κ3) is 4.68. The van der Waals surface area contributed by atoms with Crippen molar-refractivity contribution < 1.29 is 9.53 Å². The highest BCUT2D eigenvalue weighted by molar-refractivity contribution is 14.1. The van der Waals surface area contributed by atoms with E-state index < -0.39 is 3.42 Å². The van der Waals surface area contributed by atoms with Gasteiger partial charge in [-0.15, -0.1) is 0 Å². The largest absolute Gasteiger partial charge is 0.425 e. The van der Waals surface area contributed by atoms with Gasteiger partial charge in [-0.05, 0) is 50.2 Å². The van der Waals surface area contributed by atoms with E-state index in [2.05, 4.69) is 77.2 Å². The van der Waals surface area contributed by atoms with Gasteiger partial charge in [0, 0.05) is 6.07 Å². The molecule has 0 radical (unpaired) electrons. The summed E-state index contributed by atoms with van der Waals surface area (Å²) in [6.45, 7) is 3.69. The van der Waals surface area contributed by atoms with Crippen LogP contribution in [-0.2, 0) is 15.7 Å². The molecule has 0 spiro atoms. The SMILES string of the molecule is CC(C)(I)C(=O)Oc1cccc([S+](c2ccccc2)c2ccccc2)c1. The van der Waals surface area contributed by atoms with Gasteiger partial charge in [-0.3, -0.25) is 4.79 Å².